The molecule has 5 rings (SSSR count). The molecule has 2 aromatic heterocycles. The number of rotatable bonds is 6. The second-order valence-corrected chi connectivity index (χ2v) is 8.80. The first kappa shape index (κ1) is 22.3. The summed E-state index contributed by atoms with van der Waals surface area (Å²) < 4.78 is 18.8. The molecule has 1 N–H and O–H groups in total. The fraction of sp³-hybridized carbons (Fsp3) is 0.280. The Morgan fingerprint density at radius 1 is 1.15 bits per heavy atom. The van der Waals surface area contributed by atoms with Crippen LogP contribution in [-0.4, -0.2) is 40.7 Å². The quantitative estimate of drug-likeness (QED) is 0.433. The highest BCUT2D eigenvalue weighted by atomic mass is 35.5. The van der Waals surface area contributed by atoms with Gasteiger partial charge in [0.2, 0.25) is 5.91 Å². The lowest BCUT2D eigenvalue weighted by Crippen LogP contribution is -2.43. The van der Waals surface area contributed by atoms with Crippen LogP contribution in [0, 0.1) is 11.7 Å². The maximum atomic E-state index is 13.4. The molecule has 0 radical (unpaired) electrons. The van der Waals surface area contributed by atoms with Crippen molar-refractivity contribution in [2.24, 2.45) is 5.92 Å². The van der Waals surface area contributed by atoms with Gasteiger partial charge in [-0.3, -0.25) is 4.79 Å². The van der Waals surface area contributed by atoms with E-state index in [1.807, 2.05) is 24.3 Å². The van der Waals surface area contributed by atoms with Crippen LogP contribution in [0.4, 0.5) is 10.2 Å². The van der Waals surface area contributed by atoms with Gasteiger partial charge >= 0.3 is 0 Å². The molecule has 1 atom stereocenters. The highest BCUT2D eigenvalue weighted by Crippen LogP contribution is 2.34. The highest BCUT2D eigenvalue weighted by molar-refractivity contribution is 6.30. The third-order valence-corrected chi connectivity index (χ3v) is 6.34. The number of amides is 1. The SMILES string of the molecule is O=C(NCCc1ccc(Cl)cc1)[C@@H]1CCCN(c2ncnc3onc(-c4ccc(F)cc4)c23)C1. The maximum Gasteiger partial charge on any atom is 0.263 e. The van der Waals surface area contributed by atoms with Gasteiger partial charge in [0.05, 0.1) is 5.92 Å². The zero-order valence-corrected chi connectivity index (χ0v) is 19.1. The van der Waals surface area contributed by atoms with Crippen molar-refractivity contribution in [3.63, 3.8) is 0 Å². The van der Waals surface area contributed by atoms with Crippen LogP contribution in [0.1, 0.15) is 18.4 Å². The summed E-state index contributed by atoms with van der Waals surface area (Å²) in [4.78, 5) is 23.7. The summed E-state index contributed by atoms with van der Waals surface area (Å²) in [5.41, 5.74) is 2.75. The Morgan fingerprint density at radius 2 is 1.94 bits per heavy atom. The van der Waals surface area contributed by atoms with Gasteiger partial charge in [-0.1, -0.05) is 28.9 Å². The van der Waals surface area contributed by atoms with Gasteiger partial charge in [0.1, 0.15) is 29.0 Å². The Balaban J connectivity index is 1.31. The summed E-state index contributed by atoms with van der Waals surface area (Å²) in [6, 6.07) is 13.7. The van der Waals surface area contributed by atoms with Crippen molar-refractivity contribution in [1.29, 1.82) is 0 Å². The number of hydrogen-bond donors (Lipinski definition) is 1. The van der Waals surface area contributed by atoms with Crippen molar-refractivity contribution >= 4 is 34.4 Å². The number of fused-ring (bicyclic) bond motifs is 1. The standard InChI is InChI=1S/C25H23ClFN5O2/c26-19-7-3-16(4-8-19)11-12-28-24(33)18-2-1-13-32(14-18)23-21-22(17-5-9-20(27)10-6-17)31-34-25(21)30-15-29-23/h3-10,15,18H,1-2,11-14H2,(H,28,33)/t18-/m1/s1. The number of piperidine rings is 1. The largest absolute Gasteiger partial charge is 0.355 e. The van der Waals surface area contributed by atoms with Gasteiger partial charge in [-0.15, -0.1) is 0 Å². The number of aromatic nitrogens is 3. The number of anilines is 1. The van der Waals surface area contributed by atoms with Gasteiger partial charge in [0.15, 0.2) is 0 Å². The predicted molar refractivity (Wildman–Crippen MR) is 128 cm³/mol. The number of nitrogens with one attached hydrogen (secondary N) is 1. The summed E-state index contributed by atoms with van der Waals surface area (Å²) in [5, 5.41) is 8.59. The van der Waals surface area contributed by atoms with Crippen LogP contribution in [0.3, 0.4) is 0 Å². The summed E-state index contributed by atoms with van der Waals surface area (Å²) in [7, 11) is 0. The normalized spacial score (nSPS) is 16.1. The number of halogens is 2. The van der Waals surface area contributed by atoms with Crippen molar-refractivity contribution in [2.45, 2.75) is 19.3 Å². The first-order chi connectivity index (χ1) is 16.6. The Labute approximate surface area is 200 Å². The number of carbonyl (C=O) groups is 1. The lowest BCUT2D eigenvalue weighted by Gasteiger charge is -2.33. The maximum absolute atomic E-state index is 13.4. The minimum absolute atomic E-state index is 0.0352. The summed E-state index contributed by atoms with van der Waals surface area (Å²) in [5.74, 6) is 0.226. The molecule has 174 valence electrons. The van der Waals surface area contributed by atoms with E-state index in [0.29, 0.717) is 46.3 Å². The van der Waals surface area contributed by atoms with E-state index >= 15 is 0 Å². The first-order valence-electron chi connectivity index (χ1n) is 11.2. The van der Waals surface area contributed by atoms with Crippen molar-refractivity contribution < 1.29 is 13.7 Å². The Bertz CT molecular complexity index is 1290. The van der Waals surface area contributed by atoms with E-state index in [9.17, 15) is 9.18 Å². The molecule has 9 heteroatoms. The molecular formula is C25H23ClFN5O2. The van der Waals surface area contributed by atoms with Gasteiger partial charge < -0.3 is 14.7 Å². The van der Waals surface area contributed by atoms with Crippen LogP contribution in [-0.2, 0) is 11.2 Å². The van der Waals surface area contributed by atoms with Crippen LogP contribution in [0.25, 0.3) is 22.4 Å². The van der Waals surface area contributed by atoms with Crippen molar-refractivity contribution in [1.82, 2.24) is 20.4 Å². The third kappa shape index (κ3) is 4.72. The van der Waals surface area contributed by atoms with E-state index in [0.717, 1.165) is 31.4 Å². The van der Waals surface area contributed by atoms with E-state index in [4.69, 9.17) is 16.1 Å². The lowest BCUT2D eigenvalue weighted by molar-refractivity contribution is -0.125. The molecule has 1 aliphatic rings. The summed E-state index contributed by atoms with van der Waals surface area (Å²) in [6.45, 7) is 1.86. The van der Waals surface area contributed by atoms with E-state index < -0.39 is 0 Å². The molecule has 0 bridgehead atoms. The monoisotopic (exact) mass is 479 g/mol. The first-order valence-corrected chi connectivity index (χ1v) is 11.6. The number of benzene rings is 2. The second-order valence-electron chi connectivity index (χ2n) is 8.37. The molecule has 4 aromatic rings. The highest BCUT2D eigenvalue weighted by Gasteiger charge is 2.29. The molecular weight excluding hydrogens is 457 g/mol. The van der Waals surface area contributed by atoms with Crippen LogP contribution >= 0.6 is 11.6 Å². The molecule has 2 aromatic carbocycles. The van der Waals surface area contributed by atoms with Gasteiger partial charge in [-0.25, -0.2) is 9.37 Å². The Morgan fingerprint density at radius 3 is 2.74 bits per heavy atom. The smallest absolute Gasteiger partial charge is 0.263 e. The van der Waals surface area contributed by atoms with E-state index in [1.165, 1.54) is 18.5 Å². The van der Waals surface area contributed by atoms with Gasteiger partial charge in [-0.05, 0) is 61.2 Å². The molecule has 0 aliphatic carbocycles. The fourth-order valence-corrected chi connectivity index (χ4v) is 4.45. The molecule has 1 fully saturated rings. The molecule has 0 spiro atoms. The Kier molecular flexibility index (Phi) is 6.40. The zero-order chi connectivity index (χ0) is 23.5. The summed E-state index contributed by atoms with van der Waals surface area (Å²) >= 11 is 5.93. The lowest BCUT2D eigenvalue weighted by atomic mass is 9.96. The van der Waals surface area contributed by atoms with E-state index in [-0.39, 0.29) is 17.6 Å². The van der Waals surface area contributed by atoms with Crippen molar-refractivity contribution in [3.05, 3.63) is 71.3 Å². The number of hydrogen-bond acceptors (Lipinski definition) is 6. The van der Waals surface area contributed by atoms with Crippen LogP contribution in [0.5, 0.6) is 0 Å². The second kappa shape index (κ2) is 9.77. The van der Waals surface area contributed by atoms with E-state index in [2.05, 4.69) is 25.3 Å². The molecule has 0 unspecified atom stereocenters. The minimum Gasteiger partial charge on any atom is -0.355 e. The number of nitrogens with zero attached hydrogens (tertiary/aromatic N) is 4. The van der Waals surface area contributed by atoms with Crippen molar-refractivity contribution in [3.8, 4) is 11.3 Å². The summed E-state index contributed by atoms with van der Waals surface area (Å²) in [6.07, 6.45) is 3.85. The fourth-order valence-electron chi connectivity index (χ4n) is 4.33. The molecule has 1 amide bonds. The van der Waals surface area contributed by atoms with Gasteiger partial charge in [0, 0.05) is 30.2 Å². The zero-order valence-electron chi connectivity index (χ0n) is 18.4. The predicted octanol–water partition coefficient (Wildman–Crippen LogP) is 4.65. The van der Waals surface area contributed by atoms with Crippen LogP contribution in [0.15, 0.2) is 59.4 Å². The van der Waals surface area contributed by atoms with Gasteiger partial charge in [0.25, 0.3) is 5.71 Å². The molecule has 1 aliphatic heterocycles. The van der Waals surface area contributed by atoms with Gasteiger partial charge in [-0.2, -0.15) is 4.98 Å². The Hall–Kier alpha value is -3.52. The topological polar surface area (TPSA) is 84.2 Å². The van der Waals surface area contributed by atoms with Crippen LogP contribution in [0.2, 0.25) is 5.02 Å². The molecule has 7 nitrogen and oxygen atoms in total. The molecule has 34 heavy (non-hydrogen) atoms. The minimum atomic E-state index is -0.325. The molecule has 0 saturated carbocycles. The molecule has 1 saturated heterocycles. The molecule has 3 heterocycles. The third-order valence-electron chi connectivity index (χ3n) is 6.09. The van der Waals surface area contributed by atoms with E-state index in [1.54, 1.807) is 12.1 Å². The van der Waals surface area contributed by atoms with Crippen LogP contribution < -0.4 is 10.2 Å². The van der Waals surface area contributed by atoms with Crippen molar-refractivity contribution in [2.75, 3.05) is 24.5 Å². The average molecular weight is 480 g/mol. The average Bonchev–Trinajstić information content (AvgIpc) is 3.30. The number of carbonyl (C=O) groups excluding carboxylic acids is 1.